The first kappa shape index (κ1) is 31.9. The number of amides is 1. The van der Waals surface area contributed by atoms with Gasteiger partial charge in [-0.15, -0.1) is 0 Å². The van der Waals surface area contributed by atoms with Crippen LogP contribution in [0.3, 0.4) is 0 Å². The van der Waals surface area contributed by atoms with E-state index < -0.39 is 35.2 Å². The van der Waals surface area contributed by atoms with Crippen molar-refractivity contribution in [3.05, 3.63) is 27.8 Å². The molecule has 0 fully saturated rings. The number of thioether (sulfide) groups is 1. The van der Waals surface area contributed by atoms with Crippen LogP contribution >= 0.6 is 25.3 Å². The Morgan fingerprint density at radius 1 is 1.29 bits per heavy atom. The number of carboxylic acids is 2. The van der Waals surface area contributed by atoms with Gasteiger partial charge < -0.3 is 35.5 Å². The summed E-state index contributed by atoms with van der Waals surface area (Å²) in [6.45, 7) is 1.61. The molecule has 0 radical (unpaired) electrons. The van der Waals surface area contributed by atoms with E-state index in [1.165, 1.54) is 17.8 Å². The number of carboxylic acid groups (broad SMARTS) is 2. The van der Waals surface area contributed by atoms with Gasteiger partial charge in [0.1, 0.15) is 12.6 Å². The molecule has 198 valence electrons. The Morgan fingerprint density at radius 3 is 2.31 bits per heavy atom. The van der Waals surface area contributed by atoms with E-state index in [9.17, 15) is 32.9 Å². The molecule has 1 aromatic rings. The number of carbonyl (C=O) groups is 3. The van der Waals surface area contributed by atoms with E-state index in [0.717, 1.165) is 0 Å². The van der Waals surface area contributed by atoms with Crippen LogP contribution in [0.15, 0.2) is 12.1 Å². The molecule has 13 nitrogen and oxygen atoms in total. The molecule has 2 atom stereocenters. The maximum atomic E-state index is 11.4. The molecule has 18 heteroatoms. The van der Waals surface area contributed by atoms with Crippen molar-refractivity contribution in [2.75, 3.05) is 25.7 Å². The zero-order valence-corrected chi connectivity index (χ0v) is 19.7. The number of nitrogens with one attached hydrogen (secondary N) is 1. The normalized spacial score (nSPS) is 13.3. The molecule has 2 rings (SSSR count). The standard InChI is InChI=1S/C15H19N3O8S.C2HF3O2.H2S/c1-8(27-3-2-24-15(21)17-6-10(16)14(19)20)9-4-12-13(26-7-25-12)5-11(9)18(22)23;3-2(4,5)1(6)7;/h4-5,8,10H,2-3,6-7,16H2,1H3,(H,17,21)(H,19,20);(H,6,7);1H2/t8?,10-;;/m0../s1. The van der Waals surface area contributed by atoms with Crippen molar-refractivity contribution < 1.29 is 56.9 Å². The molecule has 35 heavy (non-hydrogen) atoms. The minimum atomic E-state index is -5.08. The van der Waals surface area contributed by atoms with Gasteiger partial charge in [0.05, 0.1) is 11.0 Å². The van der Waals surface area contributed by atoms with Crippen LogP contribution in [0.25, 0.3) is 0 Å². The molecule has 1 aromatic carbocycles. The van der Waals surface area contributed by atoms with Gasteiger partial charge in [0, 0.05) is 23.1 Å². The quantitative estimate of drug-likeness (QED) is 0.199. The van der Waals surface area contributed by atoms with Crippen LogP contribution in [0, 0.1) is 10.1 Å². The number of halogens is 3. The van der Waals surface area contributed by atoms with E-state index in [1.807, 2.05) is 0 Å². The van der Waals surface area contributed by atoms with Crippen LogP contribution in [0.2, 0.25) is 0 Å². The van der Waals surface area contributed by atoms with Crippen LogP contribution < -0.4 is 20.5 Å². The Morgan fingerprint density at radius 2 is 1.83 bits per heavy atom. The SMILES string of the molecule is CC(SCCOC(=O)NC[C@H](N)C(=O)O)c1cc2c(cc1[N+](=O)[O-])OCO2.O=C(O)C(F)(F)F.S. The van der Waals surface area contributed by atoms with Crippen LogP contribution in [0.4, 0.5) is 23.7 Å². The van der Waals surface area contributed by atoms with E-state index in [2.05, 4.69) is 5.32 Å². The minimum absolute atomic E-state index is 0. The van der Waals surface area contributed by atoms with Crippen LogP contribution in [-0.2, 0) is 14.3 Å². The van der Waals surface area contributed by atoms with Gasteiger partial charge in [-0.2, -0.15) is 38.4 Å². The molecule has 0 bridgehead atoms. The number of nitro groups is 1. The first-order chi connectivity index (χ1) is 15.7. The fourth-order valence-corrected chi connectivity index (χ4v) is 3.11. The number of nitrogens with two attached hydrogens (primary N) is 1. The van der Waals surface area contributed by atoms with Crippen molar-refractivity contribution >= 4 is 49.0 Å². The first-order valence-electron chi connectivity index (χ1n) is 9.12. The summed E-state index contributed by atoms with van der Waals surface area (Å²) in [6.07, 6.45) is -5.87. The van der Waals surface area contributed by atoms with Gasteiger partial charge in [0.25, 0.3) is 5.69 Å². The fourth-order valence-electron chi connectivity index (χ4n) is 2.21. The van der Waals surface area contributed by atoms with Crippen molar-refractivity contribution in [1.82, 2.24) is 5.32 Å². The van der Waals surface area contributed by atoms with Crippen molar-refractivity contribution in [3.63, 3.8) is 0 Å². The Balaban J connectivity index is 0.00000126. The highest BCUT2D eigenvalue weighted by molar-refractivity contribution is 7.99. The summed E-state index contributed by atoms with van der Waals surface area (Å²) in [5.41, 5.74) is 5.66. The molecule has 1 unspecified atom stereocenters. The molecule has 0 saturated heterocycles. The maximum Gasteiger partial charge on any atom is 0.490 e. The number of alkyl carbamates (subject to hydrolysis) is 1. The monoisotopic (exact) mass is 549 g/mol. The Hall–Kier alpha value is -3.12. The Labute approximate surface area is 206 Å². The molecule has 5 N–H and O–H groups in total. The lowest BCUT2D eigenvalue weighted by atomic mass is 10.1. The smallest absolute Gasteiger partial charge is 0.480 e. The second-order valence-electron chi connectivity index (χ2n) is 6.30. The summed E-state index contributed by atoms with van der Waals surface area (Å²) < 4.78 is 47.1. The number of ether oxygens (including phenoxy) is 3. The third-order valence-corrected chi connectivity index (χ3v) is 5.02. The zero-order valence-electron chi connectivity index (χ0n) is 17.9. The Kier molecular flexibility index (Phi) is 13.0. The Bertz CT molecular complexity index is 920. The number of aliphatic carboxylic acids is 2. The van der Waals surface area contributed by atoms with Gasteiger partial charge in [-0.1, -0.05) is 0 Å². The second kappa shape index (κ2) is 14.3. The molecule has 0 aliphatic carbocycles. The number of alkyl halides is 3. The van der Waals surface area contributed by atoms with Gasteiger partial charge in [-0.25, -0.2) is 9.59 Å². The van der Waals surface area contributed by atoms with Gasteiger partial charge in [0.15, 0.2) is 11.5 Å². The summed E-state index contributed by atoms with van der Waals surface area (Å²) in [6, 6.07) is 1.71. The first-order valence-corrected chi connectivity index (χ1v) is 10.2. The number of hydrogen-bond donors (Lipinski definition) is 4. The van der Waals surface area contributed by atoms with Crippen molar-refractivity contribution in [1.29, 1.82) is 0 Å². The molecular formula is C17H22F3N3O10S2. The lowest BCUT2D eigenvalue weighted by molar-refractivity contribution is -0.385. The molecule has 0 aromatic heterocycles. The molecule has 1 aliphatic heterocycles. The summed E-state index contributed by atoms with van der Waals surface area (Å²) >= 11 is 1.35. The zero-order chi connectivity index (χ0) is 26.1. The van der Waals surface area contributed by atoms with Gasteiger partial charge in [-0.05, 0) is 13.0 Å². The van der Waals surface area contributed by atoms with E-state index in [-0.39, 0.29) is 44.4 Å². The highest BCUT2D eigenvalue weighted by Crippen LogP contribution is 2.43. The summed E-state index contributed by atoms with van der Waals surface area (Å²) in [5.74, 6) is -2.82. The molecule has 0 spiro atoms. The number of hydrogen-bond acceptors (Lipinski definition) is 10. The molecule has 1 aliphatic rings. The van der Waals surface area contributed by atoms with Crippen molar-refractivity contribution in [2.24, 2.45) is 5.73 Å². The minimum Gasteiger partial charge on any atom is -0.480 e. The van der Waals surface area contributed by atoms with Crippen molar-refractivity contribution in [3.8, 4) is 11.5 Å². The van der Waals surface area contributed by atoms with E-state index >= 15 is 0 Å². The average Bonchev–Trinajstić information content (AvgIpc) is 3.21. The molecule has 0 saturated carbocycles. The summed E-state index contributed by atoms with van der Waals surface area (Å²) in [7, 11) is 0. The van der Waals surface area contributed by atoms with E-state index in [0.29, 0.717) is 22.8 Å². The van der Waals surface area contributed by atoms with Gasteiger partial charge in [-0.3, -0.25) is 14.9 Å². The topological polar surface area (TPSA) is 201 Å². The van der Waals surface area contributed by atoms with E-state index in [4.69, 9.17) is 35.0 Å². The number of rotatable bonds is 9. The number of carbonyl (C=O) groups excluding carboxylic acids is 1. The fraction of sp³-hybridized carbons (Fsp3) is 0.471. The molecule has 1 amide bonds. The number of nitrogens with zero attached hydrogens (tertiary/aromatic N) is 1. The van der Waals surface area contributed by atoms with Crippen LogP contribution in [-0.4, -0.2) is 71.1 Å². The lowest BCUT2D eigenvalue weighted by Crippen LogP contribution is -2.42. The summed E-state index contributed by atoms with van der Waals surface area (Å²) in [5, 5.41) is 29.0. The third kappa shape index (κ3) is 10.8. The van der Waals surface area contributed by atoms with Gasteiger partial charge >= 0.3 is 24.2 Å². The third-order valence-electron chi connectivity index (χ3n) is 3.87. The maximum absolute atomic E-state index is 11.4. The average molecular weight is 550 g/mol. The van der Waals surface area contributed by atoms with Gasteiger partial charge in [0.2, 0.25) is 6.79 Å². The highest BCUT2D eigenvalue weighted by Gasteiger charge is 2.38. The lowest BCUT2D eigenvalue weighted by Gasteiger charge is -2.13. The number of benzene rings is 1. The summed E-state index contributed by atoms with van der Waals surface area (Å²) in [4.78, 5) is 41.7. The molecule has 1 heterocycles. The van der Waals surface area contributed by atoms with Crippen LogP contribution in [0.1, 0.15) is 17.7 Å². The highest BCUT2D eigenvalue weighted by atomic mass is 32.2. The predicted molar refractivity (Wildman–Crippen MR) is 119 cm³/mol. The van der Waals surface area contributed by atoms with Crippen LogP contribution in [0.5, 0.6) is 11.5 Å². The van der Waals surface area contributed by atoms with Crippen molar-refractivity contribution in [2.45, 2.75) is 24.4 Å². The van der Waals surface area contributed by atoms with E-state index in [1.54, 1.807) is 13.0 Å². The number of nitro benzene ring substituents is 1. The molecular weight excluding hydrogens is 527 g/mol. The second-order valence-corrected chi connectivity index (χ2v) is 7.75. The predicted octanol–water partition coefficient (Wildman–Crippen LogP) is 2.00. The largest absolute Gasteiger partial charge is 0.490 e. The number of fused-ring (bicyclic) bond motifs is 1.